The highest BCUT2D eigenvalue weighted by atomic mass is 19.1. The molecule has 0 bridgehead atoms. The van der Waals surface area contributed by atoms with Crippen LogP contribution in [-0.4, -0.2) is 20.9 Å². The largest absolute Gasteiger partial charge is 0.277 e. The number of fused-ring (bicyclic) bond motifs is 2. The fraction of sp³-hybridized carbons (Fsp3) is 0.333. The lowest BCUT2D eigenvalue weighted by molar-refractivity contribution is 0.294. The van der Waals surface area contributed by atoms with Crippen molar-refractivity contribution in [2.75, 3.05) is 0 Å². The molecule has 0 atom stereocenters. The molecular formula is C21H22FN3. The number of hydrogen-bond donors (Lipinski definition) is 0. The Morgan fingerprint density at radius 3 is 2.44 bits per heavy atom. The topological polar surface area (TPSA) is 29.7 Å². The molecule has 1 aromatic carbocycles. The van der Waals surface area contributed by atoms with Crippen molar-refractivity contribution in [3.63, 3.8) is 0 Å². The molecule has 3 aromatic rings. The van der Waals surface area contributed by atoms with Crippen molar-refractivity contribution < 1.29 is 4.39 Å². The van der Waals surface area contributed by atoms with Crippen molar-refractivity contribution in [1.82, 2.24) is 9.61 Å². The minimum atomic E-state index is -0.435. The van der Waals surface area contributed by atoms with E-state index in [1.807, 2.05) is 41.9 Å². The second kappa shape index (κ2) is 5.01. The second-order valence-corrected chi connectivity index (χ2v) is 7.83. The van der Waals surface area contributed by atoms with E-state index >= 15 is 0 Å². The average molecular weight is 335 g/mol. The zero-order valence-corrected chi connectivity index (χ0v) is 15.3. The molecule has 0 unspecified atom stereocenters. The van der Waals surface area contributed by atoms with E-state index in [0.717, 1.165) is 33.6 Å². The molecule has 0 spiro atoms. The molecule has 0 radical (unpaired) electrons. The Morgan fingerprint density at radius 2 is 1.68 bits per heavy atom. The summed E-state index contributed by atoms with van der Waals surface area (Å²) in [5, 5.41) is 4.51. The minimum Gasteiger partial charge on any atom is -0.277 e. The maximum atomic E-state index is 14.8. The van der Waals surface area contributed by atoms with E-state index in [1.54, 1.807) is 12.1 Å². The lowest BCUT2D eigenvalue weighted by Crippen LogP contribution is -2.46. The van der Waals surface area contributed by atoms with Gasteiger partial charge in [-0.05, 0) is 39.0 Å². The molecule has 0 saturated carbocycles. The molecule has 4 rings (SSSR count). The molecule has 3 heterocycles. The van der Waals surface area contributed by atoms with E-state index in [9.17, 15) is 4.39 Å². The van der Waals surface area contributed by atoms with Gasteiger partial charge >= 0.3 is 0 Å². The predicted molar refractivity (Wildman–Crippen MR) is 99.1 cm³/mol. The van der Waals surface area contributed by atoms with Crippen LogP contribution < -0.4 is 0 Å². The first-order chi connectivity index (χ1) is 11.7. The molecule has 0 N–H and O–H groups in total. The Kier molecular flexibility index (Phi) is 3.21. The van der Waals surface area contributed by atoms with Crippen LogP contribution in [0.15, 0.2) is 47.6 Å². The van der Waals surface area contributed by atoms with Gasteiger partial charge in [-0.2, -0.15) is 5.10 Å². The number of benzene rings is 1. The van der Waals surface area contributed by atoms with Crippen LogP contribution in [0.5, 0.6) is 0 Å². The quantitative estimate of drug-likeness (QED) is 0.634. The van der Waals surface area contributed by atoms with Crippen LogP contribution in [0, 0.1) is 12.7 Å². The third-order valence-electron chi connectivity index (χ3n) is 5.80. The third-order valence-corrected chi connectivity index (χ3v) is 5.80. The predicted octanol–water partition coefficient (Wildman–Crippen LogP) is 4.69. The van der Waals surface area contributed by atoms with E-state index in [1.165, 1.54) is 0 Å². The summed E-state index contributed by atoms with van der Waals surface area (Å²) >= 11 is 0. The molecule has 128 valence electrons. The molecule has 3 nitrogen and oxygen atoms in total. The Morgan fingerprint density at radius 1 is 0.960 bits per heavy atom. The van der Waals surface area contributed by atoms with E-state index in [0.29, 0.717) is 0 Å². The van der Waals surface area contributed by atoms with Gasteiger partial charge in [0, 0.05) is 27.8 Å². The third kappa shape index (κ3) is 2.10. The van der Waals surface area contributed by atoms with Crippen molar-refractivity contribution in [3.8, 4) is 0 Å². The van der Waals surface area contributed by atoms with Crippen molar-refractivity contribution >= 4 is 11.2 Å². The number of pyridine rings is 1. The van der Waals surface area contributed by atoms with Gasteiger partial charge in [0.15, 0.2) is 0 Å². The molecule has 0 saturated heterocycles. The maximum absolute atomic E-state index is 14.8. The van der Waals surface area contributed by atoms with Crippen LogP contribution in [0.1, 0.15) is 50.1 Å². The Bertz CT molecular complexity index is 1020. The molecule has 1 aliphatic rings. The SMILES string of the molecule is Cc1cccc2c(C3=NC(C)(C)C(C)(C)c4c(F)cccc43)cnn12. The van der Waals surface area contributed by atoms with E-state index in [-0.39, 0.29) is 5.82 Å². The molecule has 0 fully saturated rings. The maximum Gasteiger partial charge on any atom is 0.127 e. The first-order valence-electron chi connectivity index (χ1n) is 8.57. The summed E-state index contributed by atoms with van der Waals surface area (Å²) in [6, 6.07) is 11.3. The molecule has 1 aliphatic heterocycles. The van der Waals surface area contributed by atoms with Gasteiger partial charge in [0.25, 0.3) is 0 Å². The number of aromatic nitrogens is 2. The lowest BCUT2D eigenvalue weighted by Gasteiger charge is -2.44. The summed E-state index contributed by atoms with van der Waals surface area (Å²) in [7, 11) is 0. The second-order valence-electron chi connectivity index (χ2n) is 7.83. The molecular weight excluding hydrogens is 313 g/mol. The number of nitrogens with zero attached hydrogens (tertiary/aromatic N) is 3. The van der Waals surface area contributed by atoms with E-state index in [2.05, 4.69) is 32.8 Å². The van der Waals surface area contributed by atoms with Gasteiger partial charge in [0.2, 0.25) is 0 Å². The highest BCUT2D eigenvalue weighted by Crippen LogP contribution is 2.45. The van der Waals surface area contributed by atoms with Crippen molar-refractivity contribution in [1.29, 1.82) is 0 Å². The summed E-state index contributed by atoms with van der Waals surface area (Å²) in [6.07, 6.45) is 1.84. The van der Waals surface area contributed by atoms with Crippen LogP contribution in [0.4, 0.5) is 4.39 Å². The summed E-state index contributed by atoms with van der Waals surface area (Å²) < 4.78 is 16.7. The van der Waals surface area contributed by atoms with Gasteiger partial charge in [0.1, 0.15) is 5.82 Å². The number of halogens is 1. The van der Waals surface area contributed by atoms with Gasteiger partial charge in [-0.15, -0.1) is 0 Å². The van der Waals surface area contributed by atoms with E-state index in [4.69, 9.17) is 4.99 Å². The highest BCUT2D eigenvalue weighted by Gasteiger charge is 2.45. The molecule has 25 heavy (non-hydrogen) atoms. The Balaban J connectivity index is 2.07. The molecule has 2 aromatic heterocycles. The molecule has 4 heteroatoms. The summed E-state index contributed by atoms with van der Waals surface area (Å²) in [5.41, 5.74) is 4.56. The number of hydrogen-bond acceptors (Lipinski definition) is 2. The number of aliphatic imine (C=N–C) groups is 1. The van der Waals surface area contributed by atoms with Crippen molar-refractivity contribution in [2.45, 2.75) is 45.6 Å². The van der Waals surface area contributed by atoms with Crippen LogP contribution in [0.3, 0.4) is 0 Å². The lowest BCUT2D eigenvalue weighted by atomic mass is 9.65. The van der Waals surface area contributed by atoms with Crippen molar-refractivity contribution in [2.24, 2.45) is 4.99 Å². The van der Waals surface area contributed by atoms with Crippen LogP contribution in [0.25, 0.3) is 5.52 Å². The number of aryl methyl sites for hydroxylation is 1. The molecule has 0 amide bonds. The first-order valence-corrected chi connectivity index (χ1v) is 8.57. The van der Waals surface area contributed by atoms with Crippen LogP contribution >= 0.6 is 0 Å². The standard InChI is InChI=1S/C21H22FN3/c1-13-8-6-11-17-15(12-23-25(13)17)19-14-9-7-10-16(22)18(14)20(2,3)21(4,5)24-19/h6-12H,1-5H3. The summed E-state index contributed by atoms with van der Waals surface area (Å²) in [5.74, 6) is -0.171. The minimum absolute atomic E-state index is 0.171. The molecule has 0 aliphatic carbocycles. The number of rotatable bonds is 1. The van der Waals surface area contributed by atoms with Crippen molar-refractivity contribution in [3.05, 3.63) is 70.8 Å². The summed E-state index contributed by atoms with van der Waals surface area (Å²) in [4.78, 5) is 5.07. The normalized spacial score (nSPS) is 18.1. The average Bonchev–Trinajstić information content (AvgIpc) is 2.96. The first kappa shape index (κ1) is 16.0. The summed E-state index contributed by atoms with van der Waals surface area (Å²) in [6.45, 7) is 10.3. The monoisotopic (exact) mass is 335 g/mol. The fourth-order valence-electron chi connectivity index (χ4n) is 3.68. The van der Waals surface area contributed by atoms with Gasteiger partial charge in [-0.3, -0.25) is 4.99 Å². The Hall–Kier alpha value is -2.49. The van der Waals surface area contributed by atoms with E-state index < -0.39 is 11.0 Å². The zero-order chi connectivity index (χ0) is 18.0. The van der Waals surface area contributed by atoms with Gasteiger partial charge in [0.05, 0.1) is 23.0 Å². The van der Waals surface area contributed by atoms with Gasteiger partial charge in [-0.25, -0.2) is 8.91 Å². The van der Waals surface area contributed by atoms with Crippen LogP contribution in [-0.2, 0) is 5.41 Å². The smallest absolute Gasteiger partial charge is 0.127 e. The zero-order valence-electron chi connectivity index (χ0n) is 15.3. The van der Waals surface area contributed by atoms with Gasteiger partial charge < -0.3 is 0 Å². The van der Waals surface area contributed by atoms with Crippen LogP contribution in [0.2, 0.25) is 0 Å². The van der Waals surface area contributed by atoms with Gasteiger partial charge in [-0.1, -0.05) is 32.0 Å². The fourth-order valence-corrected chi connectivity index (χ4v) is 3.68. The highest BCUT2D eigenvalue weighted by molar-refractivity contribution is 6.18. The Labute approximate surface area is 147 Å².